The predicted octanol–water partition coefficient (Wildman–Crippen LogP) is 2.32. The van der Waals surface area contributed by atoms with Crippen LogP contribution in [0.25, 0.3) is 0 Å². The van der Waals surface area contributed by atoms with Crippen molar-refractivity contribution in [2.75, 3.05) is 20.3 Å². The molecule has 0 radical (unpaired) electrons. The molecule has 2 aliphatic rings. The lowest BCUT2D eigenvalue weighted by atomic mass is 9.75. The van der Waals surface area contributed by atoms with Crippen molar-refractivity contribution in [3.8, 4) is 0 Å². The molecule has 0 aliphatic heterocycles. The first-order chi connectivity index (χ1) is 13.4. The quantitative estimate of drug-likeness (QED) is 0.602. The van der Waals surface area contributed by atoms with Crippen LogP contribution in [0.3, 0.4) is 0 Å². The second-order valence-corrected chi connectivity index (χ2v) is 8.52. The SMILES string of the molecule is COCC[C@H](CC1(C(=O)NC2(CO)Cc3ccccc3C2)CCCC1)C(=O)O. The number of carboxylic acids is 1. The number of hydrogen-bond donors (Lipinski definition) is 3. The first-order valence-corrected chi connectivity index (χ1v) is 10.2. The Morgan fingerprint density at radius 2 is 1.79 bits per heavy atom. The van der Waals surface area contributed by atoms with E-state index in [1.807, 2.05) is 24.3 Å². The van der Waals surface area contributed by atoms with E-state index < -0.39 is 22.8 Å². The molecule has 0 aromatic heterocycles. The molecule has 0 heterocycles. The number of aliphatic hydroxyl groups excluding tert-OH is 1. The fourth-order valence-electron chi connectivity index (χ4n) is 4.93. The largest absolute Gasteiger partial charge is 0.481 e. The average molecular weight is 389 g/mol. The molecule has 0 unspecified atom stereocenters. The third-order valence-corrected chi connectivity index (χ3v) is 6.56. The first kappa shape index (κ1) is 20.8. The van der Waals surface area contributed by atoms with Crippen molar-refractivity contribution < 1.29 is 24.5 Å². The molecule has 1 saturated carbocycles. The van der Waals surface area contributed by atoms with E-state index in [2.05, 4.69) is 5.32 Å². The Labute approximate surface area is 166 Å². The highest BCUT2D eigenvalue weighted by Gasteiger charge is 2.47. The molecule has 6 nitrogen and oxygen atoms in total. The topological polar surface area (TPSA) is 95.9 Å². The molecular formula is C22H31NO5. The molecule has 1 amide bonds. The zero-order chi connectivity index (χ0) is 20.2. The normalized spacial score (nSPS) is 20.5. The van der Waals surface area contributed by atoms with Crippen molar-refractivity contribution in [3.63, 3.8) is 0 Å². The van der Waals surface area contributed by atoms with Crippen molar-refractivity contribution in [1.29, 1.82) is 0 Å². The number of hydrogen-bond acceptors (Lipinski definition) is 4. The molecule has 1 aromatic carbocycles. The number of carboxylic acid groups (broad SMARTS) is 1. The van der Waals surface area contributed by atoms with E-state index in [0.717, 1.165) is 24.0 Å². The van der Waals surface area contributed by atoms with Gasteiger partial charge in [0.05, 0.1) is 23.5 Å². The van der Waals surface area contributed by atoms with Gasteiger partial charge in [0.2, 0.25) is 5.91 Å². The Hall–Kier alpha value is -1.92. The van der Waals surface area contributed by atoms with Gasteiger partial charge in [0, 0.05) is 13.7 Å². The highest BCUT2D eigenvalue weighted by Crippen LogP contribution is 2.45. The van der Waals surface area contributed by atoms with Crippen LogP contribution < -0.4 is 5.32 Å². The minimum Gasteiger partial charge on any atom is -0.481 e. The number of benzene rings is 1. The third-order valence-electron chi connectivity index (χ3n) is 6.56. The van der Waals surface area contributed by atoms with E-state index in [0.29, 0.717) is 45.1 Å². The summed E-state index contributed by atoms with van der Waals surface area (Å²) in [7, 11) is 1.56. The average Bonchev–Trinajstić information content (AvgIpc) is 3.30. The van der Waals surface area contributed by atoms with Crippen LogP contribution >= 0.6 is 0 Å². The van der Waals surface area contributed by atoms with Crippen LogP contribution in [0.4, 0.5) is 0 Å². The van der Waals surface area contributed by atoms with Crippen LogP contribution in [-0.2, 0) is 27.2 Å². The molecule has 0 saturated heterocycles. The van der Waals surface area contributed by atoms with Gasteiger partial charge in [-0.25, -0.2) is 0 Å². The number of nitrogens with one attached hydrogen (secondary N) is 1. The van der Waals surface area contributed by atoms with Gasteiger partial charge in [-0.15, -0.1) is 0 Å². The number of aliphatic carboxylic acids is 1. The van der Waals surface area contributed by atoms with Crippen LogP contribution in [0.1, 0.15) is 49.7 Å². The second kappa shape index (κ2) is 8.62. The lowest BCUT2D eigenvalue weighted by molar-refractivity contribution is -0.145. The summed E-state index contributed by atoms with van der Waals surface area (Å²) < 4.78 is 5.06. The summed E-state index contributed by atoms with van der Waals surface area (Å²) in [6.07, 6.45) is 5.19. The van der Waals surface area contributed by atoms with Crippen molar-refractivity contribution in [3.05, 3.63) is 35.4 Å². The molecule has 154 valence electrons. The van der Waals surface area contributed by atoms with E-state index in [1.54, 1.807) is 7.11 Å². The summed E-state index contributed by atoms with van der Waals surface area (Å²) in [4.78, 5) is 25.2. The van der Waals surface area contributed by atoms with Gasteiger partial charge < -0.3 is 20.3 Å². The summed E-state index contributed by atoms with van der Waals surface area (Å²) in [6, 6.07) is 8.02. The van der Waals surface area contributed by atoms with Crippen LogP contribution in [0, 0.1) is 11.3 Å². The molecule has 3 N–H and O–H groups in total. The van der Waals surface area contributed by atoms with E-state index in [1.165, 1.54) is 0 Å². The number of fused-ring (bicyclic) bond motifs is 1. The molecule has 6 heteroatoms. The summed E-state index contributed by atoms with van der Waals surface area (Å²) >= 11 is 0. The Morgan fingerprint density at radius 3 is 2.29 bits per heavy atom. The van der Waals surface area contributed by atoms with Crippen molar-refractivity contribution in [1.82, 2.24) is 5.32 Å². The molecular weight excluding hydrogens is 358 g/mol. The Balaban J connectivity index is 1.76. The monoisotopic (exact) mass is 389 g/mol. The maximum absolute atomic E-state index is 13.4. The number of methoxy groups -OCH3 is 1. The number of carbonyl (C=O) groups is 2. The summed E-state index contributed by atoms with van der Waals surface area (Å²) in [6.45, 7) is 0.236. The predicted molar refractivity (Wildman–Crippen MR) is 105 cm³/mol. The van der Waals surface area contributed by atoms with Gasteiger partial charge in [0.25, 0.3) is 0 Å². The van der Waals surface area contributed by atoms with Crippen LogP contribution in [0.15, 0.2) is 24.3 Å². The Morgan fingerprint density at radius 1 is 1.18 bits per heavy atom. The molecule has 2 aliphatic carbocycles. The van der Waals surface area contributed by atoms with E-state index in [-0.39, 0.29) is 12.5 Å². The van der Waals surface area contributed by atoms with Crippen molar-refractivity contribution in [2.45, 2.75) is 56.9 Å². The summed E-state index contributed by atoms with van der Waals surface area (Å²) in [5.74, 6) is -1.58. The van der Waals surface area contributed by atoms with Gasteiger partial charge in [-0.3, -0.25) is 9.59 Å². The number of rotatable bonds is 9. The lowest BCUT2D eigenvalue weighted by Crippen LogP contribution is -2.56. The van der Waals surface area contributed by atoms with Gasteiger partial charge in [0.15, 0.2) is 0 Å². The molecule has 0 bridgehead atoms. The fraction of sp³-hybridized carbons (Fsp3) is 0.636. The van der Waals surface area contributed by atoms with E-state index in [9.17, 15) is 19.8 Å². The molecule has 1 fully saturated rings. The van der Waals surface area contributed by atoms with Crippen molar-refractivity contribution in [2.24, 2.45) is 11.3 Å². The number of aliphatic hydroxyl groups is 1. The van der Waals surface area contributed by atoms with Crippen LogP contribution in [-0.4, -0.2) is 48.0 Å². The Kier molecular flexibility index (Phi) is 6.40. The van der Waals surface area contributed by atoms with Gasteiger partial charge in [-0.05, 0) is 49.7 Å². The fourth-order valence-corrected chi connectivity index (χ4v) is 4.93. The van der Waals surface area contributed by atoms with Crippen molar-refractivity contribution >= 4 is 11.9 Å². The van der Waals surface area contributed by atoms with Gasteiger partial charge in [0.1, 0.15) is 0 Å². The smallest absolute Gasteiger partial charge is 0.306 e. The van der Waals surface area contributed by atoms with Gasteiger partial charge >= 0.3 is 5.97 Å². The Bertz CT molecular complexity index is 686. The molecule has 28 heavy (non-hydrogen) atoms. The summed E-state index contributed by atoms with van der Waals surface area (Å²) in [5, 5.41) is 22.9. The zero-order valence-corrected chi connectivity index (χ0v) is 16.6. The number of ether oxygens (including phenoxy) is 1. The summed E-state index contributed by atoms with van der Waals surface area (Å²) in [5.41, 5.74) is 0.941. The highest BCUT2D eigenvalue weighted by atomic mass is 16.5. The minimum absolute atomic E-state index is 0.101. The standard InChI is InChI=1S/C22H31NO5/c1-28-11-8-18(19(25)26)12-21(9-4-5-10-21)20(27)23-22(15-24)13-16-6-2-3-7-17(16)14-22/h2-3,6-7,18,24H,4-5,8-15H2,1H3,(H,23,27)(H,25,26)/t18-/m1/s1. The van der Waals surface area contributed by atoms with Crippen LogP contribution in [0.5, 0.6) is 0 Å². The number of carbonyl (C=O) groups excluding carboxylic acids is 1. The zero-order valence-electron chi connectivity index (χ0n) is 16.6. The maximum atomic E-state index is 13.4. The van der Waals surface area contributed by atoms with E-state index in [4.69, 9.17) is 4.74 Å². The molecule has 3 rings (SSSR count). The maximum Gasteiger partial charge on any atom is 0.306 e. The lowest BCUT2D eigenvalue weighted by Gasteiger charge is -2.36. The van der Waals surface area contributed by atoms with Gasteiger partial charge in [-0.2, -0.15) is 0 Å². The molecule has 1 atom stereocenters. The molecule has 0 spiro atoms. The first-order valence-electron chi connectivity index (χ1n) is 10.2. The highest BCUT2D eigenvalue weighted by molar-refractivity contribution is 5.85. The minimum atomic E-state index is -0.874. The second-order valence-electron chi connectivity index (χ2n) is 8.52. The number of amides is 1. The van der Waals surface area contributed by atoms with Gasteiger partial charge in [-0.1, -0.05) is 37.1 Å². The van der Waals surface area contributed by atoms with E-state index >= 15 is 0 Å². The van der Waals surface area contributed by atoms with Crippen LogP contribution in [0.2, 0.25) is 0 Å². The third kappa shape index (κ3) is 4.23. The molecule has 1 aromatic rings.